The SMILES string of the molecule is [Li][CH](CC)O[Si](C)(C)C(C)(C)C. The number of rotatable bonds is 3. The molecule has 0 aliphatic carbocycles. The van der Waals surface area contributed by atoms with Crippen LogP contribution >= 0.6 is 0 Å². The summed E-state index contributed by atoms with van der Waals surface area (Å²) in [6, 6.07) is 0. The molecule has 0 radical (unpaired) electrons. The molecule has 1 nitrogen and oxygen atoms in total. The first kappa shape index (κ1) is 12.8. The van der Waals surface area contributed by atoms with E-state index in [1.807, 2.05) is 0 Å². The van der Waals surface area contributed by atoms with E-state index in [1.165, 1.54) is 0 Å². The van der Waals surface area contributed by atoms with Gasteiger partial charge in [-0.1, -0.05) is 0 Å². The van der Waals surface area contributed by atoms with Crippen molar-refractivity contribution in [1.29, 1.82) is 0 Å². The predicted molar refractivity (Wildman–Crippen MR) is 58.1 cm³/mol. The van der Waals surface area contributed by atoms with Crippen LogP contribution in [-0.4, -0.2) is 30.8 Å². The summed E-state index contributed by atoms with van der Waals surface area (Å²) in [4.78, 5) is 0. The molecule has 0 aliphatic rings. The van der Waals surface area contributed by atoms with Crippen LogP contribution in [0.1, 0.15) is 34.1 Å². The van der Waals surface area contributed by atoms with E-state index >= 15 is 0 Å². The third-order valence-electron chi connectivity index (χ3n) is 2.88. The molecule has 0 amide bonds. The van der Waals surface area contributed by atoms with E-state index in [0.717, 1.165) is 6.42 Å². The van der Waals surface area contributed by atoms with Gasteiger partial charge in [0, 0.05) is 0 Å². The van der Waals surface area contributed by atoms with Crippen molar-refractivity contribution in [2.24, 2.45) is 0 Å². The molecule has 0 aromatic rings. The molecule has 0 saturated heterocycles. The molecule has 0 bridgehead atoms. The average Bonchev–Trinajstić information content (AvgIpc) is 1.84. The second-order valence-corrected chi connectivity index (χ2v) is 9.85. The molecule has 0 saturated carbocycles. The second kappa shape index (κ2) is 4.33. The van der Waals surface area contributed by atoms with Gasteiger partial charge in [0.1, 0.15) is 0 Å². The van der Waals surface area contributed by atoms with Crippen LogP contribution in [0.3, 0.4) is 0 Å². The second-order valence-electron chi connectivity index (χ2n) is 5.10. The summed E-state index contributed by atoms with van der Waals surface area (Å²) in [7, 11) is -1.49. The molecule has 0 N–H and O–H groups in total. The molecule has 0 spiro atoms. The first-order chi connectivity index (χ1) is 5.20. The maximum atomic E-state index is 6.09. The first-order valence-electron chi connectivity index (χ1n) is 4.88. The molecule has 0 aromatic carbocycles. The van der Waals surface area contributed by atoms with Gasteiger partial charge in [0.2, 0.25) is 0 Å². The van der Waals surface area contributed by atoms with E-state index in [2.05, 4.69) is 58.5 Å². The molecule has 0 aromatic heterocycles. The zero-order valence-corrected chi connectivity index (χ0v) is 10.7. The molecule has 3 heteroatoms. The maximum absolute atomic E-state index is 6.09. The Morgan fingerprint density at radius 1 is 1.33 bits per heavy atom. The van der Waals surface area contributed by atoms with Crippen LogP contribution in [0.4, 0.5) is 0 Å². The molecule has 0 heterocycles. The molecule has 68 valence electrons. The Labute approximate surface area is 87.6 Å². The van der Waals surface area contributed by atoms with Gasteiger partial charge >= 0.3 is 87.5 Å². The molecule has 12 heavy (non-hydrogen) atoms. The average molecular weight is 180 g/mol. The zero-order valence-electron chi connectivity index (χ0n) is 9.69. The summed E-state index contributed by atoms with van der Waals surface area (Å²) in [6.07, 6.45) is 1.12. The van der Waals surface area contributed by atoms with Crippen LogP contribution in [0.15, 0.2) is 0 Å². The zero-order chi connectivity index (χ0) is 9.99. The van der Waals surface area contributed by atoms with Gasteiger partial charge in [0.15, 0.2) is 0 Å². The third kappa shape index (κ3) is 3.66. The van der Waals surface area contributed by atoms with Gasteiger partial charge in [-0.3, -0.25) is 0 Å². The molecule has 1 atom stereocenters. The number of hydrogen-bond acceptors (Lipinski definition) is 1. The fourth-order valence-electron chi connectivity index (χ4n) is 0.763. The van der Waals surface area contributed by atoms with Crippen LogP contribution in [-0.2, 0) is 4.43 Å². The summed E-state index contributed by atoms with van der Waals surface area (Å²) >= 11 is 2.17. The van der Waals surface area contributed by atoms with Crippen molar-refractivity contribution in [3.8, 4) is 0 Å². The molecular weight excluding hydrogens is 159 g/mol. The summed E-state index contributed by atoms with van der Waals surface area (Å²) in [5.74, 6) is 0. The molecular formula is C9H21LiOSi. The Balaban J connectivity index is 4.22. The summed E-state index contributed by atoms with van der Waals surface area (Å²) in [5, 5.41) is 0.344. The van der Waals surface area contributed by atoms with Gasteiger partial charge in [-0.05, 0) is 0 Å². The van der Waals surface area contributed by atoms with Crippen molar-refractivity contribution < 1.29 is 4.43 Å². The Hall–Kier alpha value is 0.774. The Morgan fingerprint density at radius 2 is 1.75 bits per heavy atom. The topological polar surface area (TPSA) is 9.23 Å². The van der Waals surface area contributed by atoms with E-state index in [0.29, 0.717) is 9.82 Å². The summed E-state index contributed by atoms with van der Waals surface area (Å²) < 4.78 is 6.51. The van der Waals surface area contributed by atoms with Crippen LogP contribution in [0.5, 0.6) is 0 Å². The Kier molecular flexibility index (Phi) is 4.61. The van der Waals surface area contributed by atoms with E-state index in [1.54, 1.807) is 0 Å². The van der Waals surface area contributed by atoms with E-state index in [4.69, 9.17) is 4.43 Å². The third-order valence-corrected chi connectivity index (χ3v) is 7.48. The van der Waals surface area contributed by atoms with Gasteiger partial charge < -0.3 is 0 Å². The van der Waals surface area contributed by atoms with Crippen LogP contribution in [0.2, 0.25) is 18.1 Å². The first-order valence-corrected chi connectivity index (χ1v) is 7.79. The molecule has 1 unspecified atom stereocenters. The van der Waals surface area contributed by atoms with Gasteiger partial charge in [-0.25, -0.2) is 0 Å². The Morgan fingerprint density at radius 3 is 2.00 bits per heavy atom. The van der Waals surface area contributed by atoms with Gasteiger partial charge in [-0.2, -0.15) is 0 Å². The van der Waals surface area contributed by atoms with Crippen molar-refractivity contribution in [3.63, 3.8) is 0 Å². The van der Waals surface area contributed by atoms with Crippen LogP contribution < -0.4 is 0 Å². The van der Waals surface area contributed by atoms with Crippen LogP contribution in [0.25, 0.3) is 0 Å². The van der Waals surface area contributed by atoms with Crippen LogP contribution in [0, 0.1) is 0 Å². The van der Waals surface area contributed by atoms with Crippen molar-refractivity contribution in [3.05, 3.63) is 0 Å². The Bertz CT molecular complexity index is 140. The van der Waals surface area contributed by atoms with E-state index < -0.39 is 8.32 Å². The number of hydrogen-bond donors (Lipinski definition) is 0. The van der Waals surface area contributed by atoms with Gasteiger partial charge in [0.25, 0.3) is 0 Å². The minimum absolute atomic E-state index is 0.344. The van der Waals surface area contributed by atoms with Crippen molar-refractivity contribution >= 4 is 26.0 Å². The summed E-state index contributed by atoms with van der Waals surface area (Å²) in [5.41, 5.74) is 0. The molecule has 0 rings (SSSR count). The normalized spacial score (nSPS) is 16.3. The predicted octanol–water partition coefficient (Wildman–Crippen LogP) is 2.91. The standard InChI is InChI=1S/C9H21OSi.Li/c1-7-8-10-11(5,6)9(2,3)4;/h8H,7H2,1-6H3;. The van der Waals surface area contributed by atoms with Crippen molar-refractivity contribution in [2.75, 3.05) is 0 Å². The van der Waals surface area contributed by atoms with Crippen molar-refractivity contribution in [1.82, 2.24) is 0 Å². The van der Waals surface area contributed by atoms with Crippen molar-refractivity contribution in [2.45, 2.75) is 57.0 Å². The monoisotopic (exact) mass is 180 g/mol. The fraction of sp³-hybridized carbons (Fsp3) is 1.00. The fourth-order valence-corrected chi connectivity index (χ4v) is 2.29. The summed E-state index contributed by atoms with van der Waals surface area (Å²) in [6.45, 7) is 13.6. The van der Waals surface area contributed by atoms with E-state index in [-0.39, 0.29) is 0 Å². The van der Waals surface area contributed by atoms with E-state index in [9.17, 15) is 0 Å². The van der Waals surface area contributed by atoms with Gasteiger partial charge in [-0.15, -0.1) is 0 Å². The van der Waals surface area contributed by atoms with Gasteiger partial charge in [0.05, 0.1) is 0 Å². The molecule has 0 aliphatic heterocycles. The quantitative estimate of drug-likeness (QED) is 0.607. The molecule has 0 fully saturated rings. The minimum atomic E-state index is -1.49.